The number of amides is 1. The molecule has 1 saturated heterocycles. The van der Waals surface area contributed by atoms with E-state index in [0.29, 0.717) is 5.75 Å². The molecule has 0 atom stereocenters. The fourth-order valence-electron chi connectivity index (χ4n) is 4.47. The SMILES string of the molecule is COc1ccc(S(=O)(=O)N(CC(=O)Nc2ccc(OC)c(S(=O)(=O)N3CCOCC3)c2)c2cc(Cl)ccc2OC)cc1OC. The number of anilines is 2. The van der Waals surface area contributed by atoms with Crippen LogP contribution in [0.4, 0.5) is 11.4 Å². The van der Waals surface area contributed by atoms with Crippen LogP contribution in [0.2, 0.25) is 5.02 Å². The molecule has 4 rings (SSSR count). The van der Waals surface area contributed by atoms with Gasteiger partial charge in [-0.3, -0.25) is 9.10 Å². The molecule has 1 N–H and O–H groups in total. The second kappa shape index (κ2) is 13.9. The lowest BCUT2D eigenvalue weighted by Crippen LogP contribution is -2.40. The van der Waals surface area contributed by atoms with Crippen LogP contribution < -0.4 is 28.6 Å². The van der Waals surface area contributed by atoms with Crippen molar-refractivity contribution in [1.82, 2.24) is 4.31 Å². The molecule has 238 valence electrons. The van der Waals surface area contributed by atoms with E-state index in [4.69, 9.17) is 35.3 Å². The van der Waals surface area contributed by atoms with Crippen molar-refractivity contribution in [3.8, 4) is 23.0 Å². The zero-order valence-electron chi connectivity index (χ0n) is 24.4. The monoisotopic (exact) mass is 669 g/mol. The number of methoxy groups -OCH3 is 4. The molecule has 1 aliphatic rings. The summed E-state index contributed by atoms with van der Waals surface area (Å²) in [4.78, 5) is 13.1. The van der Waals surface area contributed by atoms with Crippen LogP contribution in [0.1, 0.15) is 0 Å². The highest BCUT2D eigenvalue weighted by atomic mass is 35.5. The van der Waals surface area contributed by atoms with Gasteiger partial charge in [0.05, 0.1) is 52.2 Å². The highest BCUT2D eigenvalue weighted by molar-refractivity contribution is 7.93. The number of carbonyl (C=O) groups is 1. The summed E-state index contributed by atoms with van der Waals surface area (Å²) in [6, 6.07) is 12.4. The van der Waals surface area contributed by atoms with Gasteiger partial charge in [0.1, 0.15) is 22.9 Å². The summed E-state index contributed by atoms with van der Waals surface area (Å²) >= 11 is 6.23. The number of hydrogen-bond donors (Lipinski definition) is 1. The summed E-state index contributed by atoms with van der Waals surface area (Å²) < 4.78 is 83.5. The molecule has 0 aliphatic carbocycles. The van der Waals surface area contributed by atoms with E-state index in [1.807, 2.05) is 0 Å². The molecule has 0 radical (unpaired) electrons. The molecule has 0 bridgehead atoms. The number of ether oxygens (including phenoxy) is 5. The Kier molecular flexibility index (Phi) is 10.5. The number of rotatable bonds is 12. The van der Waals surface area contributed by atoms with Crippen LogP contribution in [0.5, 0.6) is 23.0 Å². The molecule has 0 spiro atoms. The van der Waals surface area contributed by atoms with Crippen molar-refractivity contribution in [3.63, 3.8) is 0 Å². The van der Waals surface area contributed by atoms with E-state index < -0.39 is 32.5 Å². The number of morpholine rings is 1. The van der Waals surface area contributed by atoms with Gasteiger partial charge in [-0.25, -0.2) is 16.8 Å². The number of nitrogens with one attached hydrogen (secondary N) is 1. The van der Waals surface area contributed by atoms with Crippen LogP contribution in [0.25, 0.3) is 0 Å². The van der Waals surface area contributed by atoms with E-state index in [1.54, 1.807) is 0 Å². The van der Waals surface area contributed by atoms with Crippen LogP contribution in [0.3, 0.4) is 0 Å². The van der Waals surface area contributed by atoms with E-state index in [0.717, 1.165) is 4.31 Å². The standard InChI is InChI=1S/C28H32ClN3O10S2/c1-38-23-8-5-19(29)15-22(23)32(43(34,35)21-7-10-24(39-2)26(17-21)41-4)18-28(33)30-20-6-9-25(40-3)27(16-20)44(36,37)31-11-13-42-14-12-31/h5-10,15-17H,11-14,18H2,1-4H3,(H,30,33). The Labute approximate surface area is 261 Å². The number of sulfonamides is 2. The predicted molar refractivity (Wildman–Crippen MR) is 163 cm³/mol. The average Bonchev–Trinajstić information content (AvgIpc) is 3.03. The normalized spacial score (nSPS) is 14.0. The summed E-state index contributed by atoms with van der Waals surface area (Å²) in [5.74, 6) is -0.108. The van der Waals surface area contributed by atoms with Crippen LogP contribution in [0.15, 0.2) is 64.4 Å². The molecule has 1 heterocycles. The summed E-state index contributed by atoms with van der Waals surface area (Å²) in [5.41, 5.74) is 0.0967. The lowest BCUT2D eigenvalue weighted by atomic mass is 10.2. The second-order valence-electron chi connectivity index (χ2n) is 9.27. The van der Waals surface area contributed by atoms with Crippen LogP contribution in [0, 0.1) is 0 Å². The summed E-state index contributed by atoms with van der Waals surface area (Å²) in [6.45, 7) is 0.0780. The van der Waals surface area contributed by atoms with E-state index in [1.165, 1.54) is 87.3 Å². The van der Waals surface area contributed by atoms with Crippen molar-refractivity contribution in [2.45, 2.75) is 9.79 Å². The van der Waals surface area contributed by atoms with E-state index in [2.05, 4.69) is 5.32 Å². The average molecular weight is 670 g/mol. The Bertz CT molecular complexity index is 1730. The number of benzene rings is 3. The van der Waals surface area contributed by atoms with Crippen molar-refractivity contribution in [2.75, 3.05) is 70.9 Å². The van der Waals surface area contributed by atoms with Gasteiger partial charge < -0.3 is 29.0 Å². The number of carbonyl (C=O) groups excluding carboxylic acids is 1. The Morgan fingerprint density at radius 3 is 2.09 bits per heavy atom. The number of halogens is 1. The number of nitrogens with zero attached hydrogens (tertiary/aromatic N) is 2. The Morgan fingerprint density at radius 1 is 0.841 bits per heavy atom. The number of hydrogen-bond acceptors (Lipinski definition) is 10. The fraction of sp³-hybridized carbons (Fsp3) is 0.321. The van der Waals surface area contributed by atoms with Crippen molar-refractivity contribution in [3.05, 3.63) is 59.6 Å². The van der Waals surface area contributed by atoms with Crippen molar-refractivity contribution in [1.29, 1.82) is 0 Å². The minimum Gasteiger partial charge on any atom is -0.495 e. The van der Waals surface area contributed by atoms with Gasteiger partial charge in [0.25, 0.3) is 10.0 Å². The predicted octanol–water partition coefficient (Wildman–Crippen LogP) is 3.23. The minimum absolute atomic E-state index is 0.00440. The fourth-order valence-corrected chi connectivity index (χ4v) is 7.67. The zero-order chi connectivity index (χ0) is 32.1. The van der Waals surface area contributed by atoms with Crippen molar-refractivity contribution >= 4 is 48.9 Å². The quantitative estimate of drug-likeness (QED) is 0.305. The first-order valence-electron chi connectivity index (χ1n) is 13.1. The zero-order valence-corrected chi connectivity index (χ0v) is 26.8. The minimum atomic E-state index is -4.44. The van der Waals surface area contributed by atoms with Crippen LogP contribution in [-0.2, 0) is 29.6 Å². The van der Waals surface area contributed by atoms with Crippen molar-refractivity contribution < 1.29 is 45.3 Å². The second-order valence-corrected chi connectivity index (χ2v) is 13.5. The summed E-state index contributed by atoms with van der Waals surface area (Å²) in [6.07, 6.45) is 0. The van der Waals surface area contributed by atoms with E-state index in [-0.39, 0.29) is 69.7 Å². The largest absolute Gasteiger partial charge is 0.495 e. The van der Waals surface area contributed by atoms with Crippen molar-refractivity contribution in [2.24, 2.45) is 0 Å². The van der Waals surface area contributed by atoms with Gasteiger partial charge in [-0.1, -0.05) is 11.6 Å². The third-order valence-corrected chi connectivity index (χ3v) is 10.6. The highest BCUT2D eigenvalue weighted by Gasteiger charge is 2.32. The Balaban J connectivity index is 1.72. The van der Waals surface area contributed by atoms with Gasteiger partial charge in [0.15, 0.2) is 11.5 Å². The topological polar surface area (TPSA) is 150 Å². The summed E-state index contributed by atoms with van der Waals surface area (Å²) in [7, 11) is -2.98. The molecule has 3 aromatic carbocycles. The maximum absolute atomic E-state index is 14.1. The molecular weight excluding hydrogens is 638 g/mol. The van der Waals surface area contributed by atoms with Gasteiger partial charge in [-0.05, 0) is 48.5 Å². The van der Waals surface area contributed by atoms with Gasteiger partial charge >= 0.3 is 0 Å². The van der Waals surface area contributed by atoms with E-state index >= 15 is 0 Å². The van der Waals surface area contributed by atoms with Gasteiger partial charge in [0.2, 0.25) is 15.9 Å². The Hall–Kier alpha value is -3.76. The maximum atomic E-state index is 14.1. The molecule has 1 amide bonds. The molecule has 0 saturated carbocycles. The third-order valence-electron chi connectivity index (χ3n) is 6.68. The molecule has 3 aromatic rings. The molecule has 0 unspecified atom stereocenters. The Morgan fingerprint density at radius 2 is 1.45 bits per heavy atom. The smallest absolute Gasteiger partial charge is 0.265 e. The van der Waals surface area contributed by atoms with Crippen LogP contribution in [-0.4, -0.2) is 88.3 Å². The molecule has 13 nitrogen and oxygen atoms in total. The van der Waals surface area contributed by atoms with Crippen LogP contribution >= 0.6 is 11.6 Å². The molecule has 0 aromatic heterocycles. The maximum Gasteiger partial charge on any atom is 0.265 e. The molecule has 44 heavy (non-hydrogen) atoms. The van der Waals surface area contributed by atoms with Gasteiger partial charge in [0, 0.05) is 29.9 Å². The third kappa shape index (κ3) is 6.97. The van der Waals surface area contributed by atoms with E-state index in [9.17, 15) is 21.6 Å². The first-order valence-corrected chi connectivity index (χ1v) is 16.4. The highest BCUT2D eigenvalue weighted by Crippen LogP contribution is 2.37. The molecule has 1 aliphatic heterocycles. The first-order chi connectivity index (χ1) is 21.0. The molecular formula is C28H32ClN3O10S2. The van der Waals surface area contributed by atoms with Gasteiger partial charge in [-0.2, -0.15) is 4.31 Å². The van der Waals surface area contributed by atoms with Gasteiger partial charge in [-0.15, -0.1) is 0 Å². The lowest BCUT2D eigenvalue weighted by molar-refractivity contribution is -0.114. The lowest BCUT2D eigenvalue weighted by Gasteiger charge is -2.27. The molecule has 1 fully saturated rings. The summed E-state index contributed by atoms with van der Waals surface area (Å²) in [5, 5.41) is 2.79. The molecule has 16 heteroatoms. The first kappa shape index (κ1) is 33.1.